The quantitative estimate of drug-likeness (QED) is 0.112. The number of aromatic nitrogens is 2. The standard InChI is InChI=1S/C32H35ClN4O5/c1-8-41-28-13-20(4)25(16-24(28)19(2)3)30-35-26-12-10-9-11-23(26)31(38)36(30)34-17-21-14-22(33)15-27(37(39)40)29(21)42-18-32(5,6)7/h9-17,19H,8,18H2,1-7H3. The van der Waals surface area contributed by atoms with Crippen LogP contribution in [0.4, 0.5) is 5.69 Å². The fraction of sp³-hybridized carbons (Fsp3) is 0.344. The van der Waals surface area contributed by atoms with Crippen molar-refractivity contribution >= 4 is 34.4 Å². The van der Waals surface area contributed by atoms with Gasteiger partial charge in [-0.05, 0) is 66.6 Å². The van der Waals surface area contributed by atoms with E-state index in [4.69, 9.17) is 26.1 Å². The Morgan fingerprint density at radius 1 is 1.14 bits per heavy atom. The van der Waals surface area contributed by atoms with Gasteiger partial charge in [-0.15, -0.1) is 0 Å². The highest BCUT2D eigenvalue weighted by Crippen LogP contribution is 2.36. The van der Waals surface area contributed by atoms with Gasteiger partial charge in [-0.1, -0.05) is 58.4 Å². The van der Waals surface area contributed by atoms with Crippen LogP contribution in [0.2, 0.25) is 5.02 Å². The van der Waals surface area contributed by atoms with Gasteiger partial charge in [0.05, 0.1) is 35.3 Å². The van der Waals surface area contributed by atoms with E-state index in [1.54, 1.807) is 18.2 Å². The van der Waals surface area contributed by atoms with Gasteiger partial charge in [0.2, 0.25) is 5.75 Å². The highest BCUT2D eigenvalue weighted by molar-refractivity contribution is 6.31. The van der Waals surface area contributed by atoms with Crippen LogP contribution >= 0.6 is 11.6 Å². The molecule has 4 rings (SSSR count). The first kappa shape index (κ1) is 30.7. The van der Waals surface area contributed by atoms with E-state index in [2.05, 4.69) is 18.9 Å². The van der Waals surface area contributed by atoms with Crippen molar-refractivity contribution in [2.45, 2.75) is 54.4 Å². The van der Waals surface area contributed by atoms with Crippen molar-refractivity contribution in [3.8, 4) is 22.9 Å². The molecule has 0 bridgehead atoms. The number of ether oxygens (including phenoxy) is 2. The third kappa shape index (κ3) is 6.62. The maximum Gasteiger partial charge on any atom is 0.313 e. The Morgan fingerprint density at radius 3 is 2.50 bits per heavy atom. The summed E-state index contributed by atoms with van der Waals surface area (Å²) in [6, 6.07) is 13.7. The number of halogens is 1. The van der Waals surface area contributed by atoms with Gasteiger partial charge in [0, 0.05) is 22.2 Å². The van der Waals surface area contributed by atoms with Gasteiger partial charge in [0.1, 0.15) is 5.75 Å². The Hall–Kier alpha value is -4.24. The van der Waals surface area contributed by atoms with Gasteiger partial charge in [-0.2, -0.15) is 9.78 Å². The number of nitrogens with zero attached hydrogens (tertiary/aromatic N) is 4. The predicted octanol–water partition coefficient (Wildman–Crippen LogP) is 7.76. The van der Waals surface area contributed by atoms with Crippen LogP contribution in [0.3, 0.4) is 0 Å². The van der Waals surface area contributed by atoms with Crippen molar-refractivity contribution in [2.75, 3.05) is 13.2 Å². The van der Waals surface area contributed by atoms with Crippen LogP contribution in [-0.2, 0) is 0 Å². The van der Waals surface area contributed by atoms with Crippen LogP contribution in [0.5, 0.6) is 11.5 Å². The van der Waals surface area contributed by atoms with Crippen LogP contribution in [0.15, 0.2) is 58.4 Å². The van der Waals surface area contributed by atoms with Gasteiger partial charge in [-0.25, -0.2) is 4.98 Å². The summed E-state index contributed by atoms with van der Waals surface area (Å²) in [5.74, 6) is 1.26. The minimum Gasteiger partial charge on any atom is -0.494 e. The Bertz CT molecular complexity index is 1740. The number of hydrogen-bond donors (Lipinski definition) is 0. The smallest absolute Gasteiger partial charge is 0.313 e. The maximum absolute atomic E-state index is 13.8. The number of aryl methyl sites for hydroxylation is 1. The third-order valence-corrected chi connectivity index (χ3v) is 6.71. The second-order valence-corrected chi connectivity index (χ2v) is 12.0. The van der Waals surface area contributed by atoms with E-state index in [9.17, 15) is 14.9 Å². The Labute approximate surface area is 249 Å². The van der Waals surface area contributed by atoms with Crippen molar-refractivity contribution in [3.05, 3.63) is 90.7 Å². The average molecular weight is 591 g/mol. The molecule has 0 amide bonds. The lowest BCUT2D eigenvalue weighted by molar-refractivity contribution is -0.385. The zero-order valence-electron chi connectivity index (χ0n) is 24.9. The van der Waals surface area contributed by atoms with E-state index in [1.165, 1.54) is 23.0 Å². The molecule has 0 radical (unpaired) electrons. The molecule has 0 fully saturated rings. The zero-order chi connectivity index (χ0) is 30.8. The number of fused-ring (bicyclic) bond motifs is 1. The molecule has 0 aliphatic carbocycles. The Balaban J connectivity index is 1.98. The molecule has 3 aromatic carbocycles. The summed E-state index contributed by atoms with van der Waals surface area (Å²) >= 11 is 6.27. The summed E-state index contributed by atoms with van der Waals surface area (Å²) in [6.45, 7) is 14.6. The molecule has 0 unspecified atom stereocenters. The number of nitro benzene ring substituents is 1. The van der Waals surface area contributed by atoms with Crippen LogP contribution in [-0.4, -0.2) is 34.0 Å². The van der Waals surface area contributed by atoms with Crippen LogP contribution in [0.1, 0.15) is 64.2 Å². The minimum atomic E-state index is -0.548. The van der Waals surface area contributed by atoms with E-state index in [0.717, 1.165) is 16.9 Å². The highest BCUT2D eigenvalue weighted by Gasteiger charge is 2.24. The normalized spacial score (nSPS) is 11.9. The molecule has 0 N–H and O–H groups in total. The summed E-state index contributed by atoms with van der Waals surface area (Å²) in [5.41, 5.74) is 2.37. The SMILES string of the molecule is CCOc1cc(C)c(-c2nc3ccccc3c(=O)n2N=Cc2cc(Cl)cc([N+](=O)[O-])c2OCC(C)(C)C)cc1C(C)C. The molecule has 10 heteroatoms. The largest absolute Gasteiger partial charge is 0.494 e. The summed E-state index contributed by atoms with van der Waals surface area (Å²) in [7, 11) is 0. The molecule has 220 valence electrons. The lowest BCUT2D eigenvalue weighted by Crippen LogP contribution is -2.21. The summed E-state index contributed by atoms with van der Waals surface area (Å²) in [6.07, 6.45) is 1.35. The lowest BCUT2D eigenvalue weighted by Gasteiger charge is -2.20. The summed E-state index contributed by atoms with van der Waals surface area (Å²) in [4.78, 5) is 30.1. The van der Waals surface area contributed by atoms with Crippen molar-refractivity contribution in [1.29, 1.82) is 0 Å². The van der Waals surface area contributed by atoms with Crippen molar-refractivity contribution in [2.24, 2.45) is 10.5 Å². The Kier molecular flexibility index (Phi) is 9.01. The highest BCUT2D eigenvalue weighted by atomic mass is 35.5. The van der Waals surface area contributed by atoms with E-state index >= 15 is 0 Å². The number of para-hydroxylation sites is 1. The fourth-order valence-corrected chi connectivity index (χ4v) is 4.69. The number of rotatable bonds is 9. The number of nitro groups is 1. The molecular formula is C32H35ClN4O5. The zero-order valence-corrected chi connectivity index (χ0v) is 25.7. The van der Waals surface area contributed by atoms with Crippen LogP contribution in [0, 0.1) is 22.5 Å². The van der Waals surface area contributed by atoms with Gasteiger partial charge in [-0.3, -0.25) is 14.9 Å². The molecule has 0 aliphatic heterocycles. The first-order valence-corrected chi connectivity index (χ1v) is 14.1. The first-order valence-electron chi connectivity index (χ1n) is 13.7. The molecule has 1 heterocycles. The van der Waals surface area contributed by atoms with Crippen molar-refractivity contribution < 1.29 is 14.4 Å². The molecular weight excluding hydrogens is 556 g/mol. The van der Waals surface area contributed by atoms with Gasteiger partial charge in [0.25, 0.3) is 5.56 Å². The van der Waals surface area contributed by atoms with Crippen LogP contribution in [0.25, 0.3) is 22.3 Å². The summed E-state index contributed by atoms with van der Waals surface area (Å²) < 4.78 is 13.1. The molecule has 42 heavy (non-hydrogen) atoms. The maximum atomic E-state index is 13.8. The van der Waals surface area contributed by atoms with Crippen LogP contribution < -0.4 is 15.0 Å². The van der Waals surface area contributed by atoms with Gasteiger partial charge >= 0.3 is 5.69 Å². The second kappa shape index (κ2) is 12.3. The second-order valence-electron chi connectivity index (χ2n) is 11.6. The van der Waals surface area contributed by atoms with E-state index in [-0.39, 0.29) is 45.5 Å². The first-order chi connectivity index (χ1) is 19.8. The molecule has 4 aromatic rings. The fourth-order valence-electron chi connectivity index (χ4n) is 4.47. The third-order valence-electron chi connectivity index (χ3n) is 6.49. The molecule has 0 atom stereocenters. The topological polar surface area (TPSA) is 109 Å². The average Bonchev–Trinajstić information content (AvgIpc) is 2.91. The van der Waals surface area contributed by atoms with Gasteiger partial charge in [0.15, 0.2) is 5.82 Å². The number of benzene rings is 3. The lowest BCUT2D eigenvalue weighted by atomic mass is 9.96. The van der Waals surface area contributed by atoms with E-state index in [1.807, 2.05) is 52.8 Å². The predicted molar refractivity (Wildman–Crippen MR) is 167 cm³/mol. The molecule has 0 saturated carbocycles. The van der Waals surface area contributed by atoms with Crippen molar-refractivity contribution in [3.63, 3.8) is 0 Å². The minimum absolute atomic E-state index is 0.0192. The molecule has 1 aromatic heterocycles. The summed E-state index contributed by atoms with van der Waals surface area (Å²) in [5, 5.41) is 17.0. The van der Waals surface area contributed by atoms with E-state index in [0.29, 0.717) is 28.9 Å². The molecule has 0 spiro atoms. The molecule has 9 nitrogen and oxygen atoms in total. The molecule has 0 saturated heterocycles. The van der Waals surface area contributed by atoms with Crippen molar-refractivity contribution in [1.82, 2.24) is 9.66 Å². The van der Waals surface area contributed by atoms with E-state index < -0.39 is 4.92 Å². The number of hydrogen-bond acceptors (Lipinski definition) is 7. The molecule has 0 aliphatic rings. The van der Waals surface area contributed by atoms with Gasteiger partial charge < -0.3 is 9.47 Å². The Morgan fingerprint density at radius 2 is 1.86 bits per heavy atom. The monoisotopic (exact) mass is 590 g/mol.